The molecule has 0 unspecified atom stereocenters. The molecule has 3 nitrogen and oxygen atoms in total. The second-order valence-electron chi connectivity index (χ2n) is 11.7. The SMILES string of the molecule is C[C@@H]1C(=O)C=C2[C@H]1CC[C@H](O[Si](C)(C)C(C)(C)C)[C@H]2O[Si](C)(C)C(C)(C)C. The standard InChI is InChI=1S/C22H42O3Si2/c1-15-16-12-13-19(24-26(8,9)21(2,3)4)20(17(16)14-18(15)23)25-27(10,11)22(5,6)7/h14-16,19-20H,12-13H2,1-11H3/t15-,16-,19-,20-/m0/s1. The van der Waals surface area contributed by atoms with Crippen molar-refractivity contribution < 1.29 is 13.6 Å². The van der Waals surface area contributed by atoms with Crippen LogP contribution in [0.4, 0.5) is 0 Å². The second-order valence-corrected chi connectivity index (χ2v) is 21.2. The molecule has 0 saturated heterocycles. The summed E-state index contributed by atoms with van der Waals surface area (Å²) in [5.74, 6) is 0.706. The first-order valence-electron chi connectivity index (χ1n) is 10.6. The van der Waals surface area contributed by atoms with Gasteiger partial charge in [-0.3, -0.25) is 4.79 Å². The molecule has 0 heterocycles. The van der Waals surface area contributed by atoms with Gasteiger partial charge in [0.2, 0.25) is 0 Å². The zero-order valence-corrected chi connectivity index (χ0v) is 21.5. The van der Waals surface area contributed by atoms with Crippen molar-refractivity contribution in [3.8, 4) is 0 Å². The highest BCUT2D eigenvalue weighted by Gasteiger charge is 2.50. The van der Waals surface area contributed by atoms with Crippen molar-refractivity contribution in [2.75, 3.05) is 0 Å². The topological polar surface area (TPSA) is 35.5 Å². The first-order chi connectivity index (χ1) is 12.0. The lowest BCUT2D eigenvalue weighted by Gasteiger charge is -2.48. The van der Waals surface area contributed by atoms with Gasteiger partial charge in [-0.1, -0.05) is 48.5 Å². The maximum atomic E-state index is 12.4. The number of rotatable bonds is 4. The van der Waals surface area contributed by atoms with E-state index in [-0.39, 0.29) is 34.0 Å². The third-order valence-electron chi connectivity index (χ3n) is 7.70. The zero-order chi connectivity index (χ0) is 21.0. The van der Waals surface area contributed by atoms with E-state index in [0.29, 0.717) is 5.92 Å². The van der Waals surface area contributed by atoms with Crippen LogP contribution in [0.25, 0.3) is 0 Å². The highest BCUT2D eigenvalue weighted by atomic mass is 28.4. The molecule has 4 atom stereocenters. The van der Waals surface area contributed by atoms with Crippen LogP contribution in [0.15, 0.2) is 11.6 Å². The Hall–Kier alpha value is -0.236. The smallest absolute Gasteiger partial charge is 0.193 e. The molecule has 2 rings (SSSR count). The summed E-state index contributed by atoms with van der Waals surface area (Å²) < 4.78 is 13.8. The van der Waals surface area contributed by atoms with E-state index in [2.05, 4.69) is 74.7 Å². The first-order valence-corrected chi connectivity index (χ1v) is 16.4. The molecule has 0 aliphatic heterocycles. The summed E-state index contributed by atoms with van der Waals surface area (Å²) in [7, 11) is -3.89. The second kappa shape index (κ2) is 7.22. The monoisotopic (exact) mass is 410 g/mol. The van der Waals surface area contributed by atoms with Crippen LogP contribution in [-0.2, 0) is 13.6 Å². The van der Waals surface area contributed by atoms with E-state index in [1.54, 1.807) is 0 Å². The lowest BCUT2D eigenvalue weighted by molar-refractivity contribution is -0.118. The van der Waals surface area contributed by atoms with Crippen molar-refractivity contribution in [1.29, 1.82) is 0 Å². The highest BCUT2D eigenvalue weighted by Crippen LogP contribution is 2.48. The fraction of sp³-hybridized carbons (Fsp3) is 0.864. The van der Waals surface area contributed by atoms with Crippen LogP contribution in [0.1, 0.15) is 61.3 Å². The maximum Gasteiger partial charge on any atom is 0.193 e. The number of ketones is 1. The quantitative estimate of drug-likeness (QED) is 0.508. The van der Waals surface area contributed by atoms with E-state index < -0.39 is 16.6 Å². The lowest BCUT2D eigenvalue weighted by atomic mass is 9.78. The molecule has 27 heavy (non-hydrogen) atoms. The van der Waals surface area contributed by atoms with Crippen LogP contribution >= 0.6 is 0 Å². The molecular weight excluding hydrogens is 368 g/mol. The molecule has 2 aliphatic rings. The molecule has 0 bridgehead atoms. The van der Waals surface area contributed by atoms with E-state index in [1.165, 1.54) is 5.57 Å². The Morgan fingerprint density at radius 1 is 0.889 bits per heavy atom. The van der Waals surface area contributed by atoms with Crippen molar-refractivity contribution in [1.82, 2.24) is 0 Å². The van der Waals surface area contributed by atoms with E-state index in [9.17, 15) is 4.79 Å². The molecule has 0 amide bonds. The third-order valence-corrected chi connectivity index (χ3v) is 16.7. The van der Waals surface area contributed by atoms with E-state index in [1.807, 2.05) is 6.08 Å². The summed E-state index contributed by atoms with van der Waals surface area (Å²) in [6.45, 7) is 25.0. The molecule has 2 aliphatic carbocycles. The molecule has 156 valence electrons. The highest BCUT2D eigenvalue weighted by molar-refractivity contribution is 6.74. The summed E-state index contributed by atoms with van der Waals surface area (Å²) in [4.78, 5) is 12.4. The fourth-order valence-electron chi connectivity index (χ4n) is 3.62. The minimum absolute atomic E-state index is 0.0623. The summed E-state index contributed by atoms with van der Waals surface area (Å²) in [5, 5.41) is 0.300. The number of hydrogen-bond donors (Lipinski definition) is 0. The average molecular weight is 411 g/mol. The van der Waals surface area contributed by atoms with Crippen LogP contribution in [0, 0.1) is 11.8 Å². The fourth-order valence-corrected chi connectivity index (χ4v) is 6.25. The van der Waals surface area contributed by atoms with Gasteiger partial charge in [-0.2, -0.15) is 0 Å². The van der Waals surface area contributed by atoms with E-state index in [4.69, 9.17) is 8.85 Å². The largest absolute Gasteiger partial charge is 0.411 e. The van der Waals surface area contributed by atoms with Gasteiger partial charge >= 0.3 is 0 Å². The Bertz CT molecular complexity index is 608. The Kier molecular flexibility index (Phi) is 6.17. The predicted molar refractivity (Wildman–Crippen MR) is 119 cm³/mol. The Labute approximate surface area is 169 Å². The van der Waals surface area contributed by atoms with Crippen LogP contribution in [0.3, 0.4) is 0 Å². The van der Waals surface area contributed by atoms with E-state index >= 15 is 0 Å². The van der Waals surface area contributed by atoms with Crippen LogP contribution in [-0.4, -0.2) is 34.6 Å². The number of carbonyl (C=O) groups is 1. The van der Waals surface area contributed by atoms with Gasteiger partial charge in [-0.05, 0) is 66.7 Å². The van der Waals surface area contributed by atoms with E-state index in [0.717, 1.165) is 12.8 Å². The maximum absolute atomic E-state index is 12.4. The third kappa shape index (κ3) is 4.52. The number of fused-ring (bicyclic) bond motifs is 1. The van der Waals surface area contributed by atoms with Gasteiger partial charge in [0.25, 0.3) is 0 Å². The number of allylic oxidation sites excluding steroid dienone is 1. The average Bonchev–Trinajstić information content (AvgIpc) is 2.74. The summed E-state index contributed by atoms with van der Waals surface area (Å²) in [5.41, 5.74) is 1.22. The van der Waals surface area contributed by atoms with Gasteiger partial charge in [0.05, 0.1) is 12.2 Å². The molecule has 1 saturated carbocycles. The van der Waals surface area contributed by atoms with Crippen LogP contribution in [0.2, 0.25) is 36.3 Å². The van der Waals surface area contributed by atoms with Gasteiger partial charge < -0.3 is 8.85 Å². The first kappa shape index (κ1) is 23.0. The Morgan fingerprint density at radius 3 is 1.85 bits per heavy atom. The minimum Gasteiger partial charge on any atom is -0.411 e. The molecule has 0 spiro atoms. The predicted octanol–water partition coefficient (Wildman–Crippen LogP) is 6.32. The molecule has 1 fully saturated rings. The van der Waals surface area contributed by atoms with Gasteiger partial charge in [0, 0.05) is 5.92 Å². The summed E-state index contributed by atoms with van der Waals surface area (Å²) in [6, 6.07) is 0. The lowest BCUT2D eigenvalue weighted by Crippen LogP contribution is -2.54. The Morgan fingerprint density at radius 2 is 1.37 bits per heavy atom. The van der Waals surface area contributed by atoms with Crippen molar-refractivity contribution in [3.63, 3.8) is 0 Å². The molecule has 0 aromatic heterocycles. The van der Waals surface area contributed by atoms with Crippen molar-refractivity contribution in [2.45, 2.75) is 110 Å². The van der Waals surface area contributed by atoms with Crippen LogP contribution < -0.4 is 0 Å². The molecule has 0 aromatic carbocycles. The van der Waals surface area contributed by atoms with Crippen molar-refractivity contribution in [3.05, 3.63) is 11.6 Å². The number of carbonyl (C=O) groups excluding carboxylic acids is 1. The summed E-state index contributed by atoms with van der Waals surface area (Å²) >= 11 is 0. The van der Waals surface area contributed by atoms with Crippen molar-refractivity contribution in [2.24, 2.45) is 11.8 Å². The summed E-state index contributed by atoms with van der Waals surface area (Å²) in [6.07, 6.45) is 3.93. The molecule has 5 heteroatoms. The van der Waals surface area contributed by atoms with Gasteiger partial charge in [-0.25, -0.2) is 0 Å². The van der Waals surface area contributed by atoms with Gasteiger partial charge in [0.1, 0.15) is 0 Å². The molecule has 0 aromatic rings. The van der Waals surface area contributed by atoms with Crippen molar-refractivity contribution >= 4 is 22.4 Å². The molecule has 0 radical (unpaired) electrons. The normalized spacial score (nSPS) is 30.3. The molecular formula is C22H42O3Si2. The zero-order valence-electron chi connectivity index (χ0n) is 19.5. The minimum atomic E-state index is -1.98. The van der Waals surface area contributed by atoms with Crippen LogP contribution in [0.5, 0.6) is 0 Å². The molecule has 0 N–H and O–H groups in total. The van der Waals surface area contributed by atoms with Gasteiger partial charge in [0.15, 0.2) is 22.4 Å². The van der Waals surface area contributed by atoms with Gasteiger partial charge in [-0.15, -0.1) is 0 Å². The Balaban J connectivity index is 2.38. The number of hydrogen-bond acceptors (Lipinski definition) is 3.